The summed E-state index contributed by atoms with van der Waals surface area (Å²) in [5.41, 5.74) is 2.85. The number of thiazole rings is 1. The highest BCUT2D eigenvalue weighted by Gasteiger charge is 2.16. The molecule has 0 fully saturated rings. The highest BCUT2D eigenvalue weighted by Crippen LogP contribution is 2.23. The summed E-state index contributed by atoms with van der Waals surface area (Å²) in [6.07, 6.45) is 0.741. The number of aromatic nitrogens is 1. The Labute approximate surface area is 127 Å². The number of esters is 1. The molecule has 0 bridgehead atoms. The van der Waals surface area contributed by atoms with Gasteiger partial charge in [-0.15, -0.1) is 23.1 Å². The summed E-state index contributed by atoms with van der Waals surface area (Å²) in [6, 6.07) is 9.88. The first kappa shape index (κ1) is 15.1. The van der Waals surface area contributed by atoms with Gasteiger partial charge in [0.15, 0.2) is 0 Å². The normalized spacial score (nSPS) is 12.1. The lowest BCUT2D eigenvalue weighted by molar-refractivity contribution is -0.142. The molecule has 0 aliphatic carbocycles. The average molecular weight is 307 g/mol. The van der Waals surface area contributed by atoms with Gasteiger partial charge in [-0.25, -0.2) is 4.98 Å². The van der Waals surface area contributed by atoms with Crippen molar-refractivity contribution in [1.82, 2.24) is 4.98 Å². The molecule has 3 nitrogen and oxygen atoms in total. The SMILES string of the molecule is Cc1ncsc1CCOC(=O)C(C)Sc1ccccc1. The summed E-state index contributed by atoms with van der Waals surface area (Å²) in [7, 11) is 0. The van der Waals surface area contributed by atoms with E-state index in [1.54, 1.807) is 11.3 Å². The smallest absolute Gasteiger partial charge is 0.319 e. The van der Waals surface area contributed by atoms with E-state index >= 15 is 0 Å². The Hall–Kier alpha value is -1.33. The molecule has 106 valence electrons. The number of nitrogens with zero attached hydrogens (tertiary/aromatic N) is 1. The van der Waals surface area contributed by atoms with Crippen LogP contribution in [0.15, 0.2) is 40.7 Å². The number of carbonyl (C=O) groups excluding carboxylic acids is 1. The van der Waals surface area contributed by atoms with E-state index in [1.807, 2.05) is 49.7 Å². The van der Waals surface area contributed by atoms with Crippen LogP contribution in [0, 0.1) is 6.92 Å². The highest BCUT2D eigenvalue weighted by atomic mass is 32.2. The molecule has 0 spiro atoms. The fraction of sp³-hybridized carbons (Fsp3) is 0.333. The lowest BCUT2D eigenvalue weighted by Gasteiger charge is -2.11. The predicted molar refractivity (Wildman–Crippen MR) is 83.3 cm³/mol. The van der Waals surface area contributed by atoms with Crippen molar-refractivity contribution >= 4 is 29.1 Å². The van der Waals surface area contributed by atoms with Crippen molar-refractivity contribution in [3.63, 3.8) is 0 Å². The van der Waals surface area contributed by atoms with Crippen LogP contribution in [0.25, 0.3) is 0 Å². The van der Waals surface area contributed by atoms with Gasteiger partial charge in [-0.3, -0.25) is 4.79 Å². The third kappa shape index (κ3) is 4.35. The van der Waals surface area contributed by atoms with E-state index in [0.29, 0.717) is 6.61 Å². The lowest BCUT2D eigenvalue weighted by atomic mass is 10.3. The predicted octanol–water partition coefficient (Wildman–Crippen LogP) is 3.72. The van der Waals surface area contributed by atoms with Gasteiger partial charge in [-0.05, 0) is 26.0 Å². The molecule has 2 aromatic rings. The molecule has 5 heteroatoms. The lowest BCUT2D eigenvalue weighted by Crippen LogP contribution is -2.18. The van der Waals surface area contributed by atoms with Gasteiger partial charge in [0.2, 0.25) is 0 Å². The molecular weight excluding hydrogens is 290 g/mol. The van der Waals surface area contributed by atoms with E-state index in [9.17, 15) is 4.79 Å². The summed E-state index contributed by atoms with van der Waals surface area (Å²) < 4.78 is 5.32. The van der Waals surface area contributed by atoms with Crippen LogP contribution in [0.4, 0.5) is 0 Å². The zero-order chi connectivity index (χ0) is 14.4. The van der Waals surface area contributed by atoms with Crippen LogP contribution in [0.5, 0.6) is 0 Å². The number of ether oxygens (including phenoxy) is 1. The highest BCUT2D eigenvalue weighted by molar-refractivity contribution is 8.00. The fourth-order valence-electron chi connectivity index (χ4n) is 1.68. The Morgan fingerprint density at radius 2 is 2.15 bits per heavy atom. The molecule has 1 atom stereocenters. The molecule has 0 radical (unpaired) electrons. The van der Waals surface area contributed by atoms with Gasteiger partial charge in [-0.1, -0.05) is 18.2 Å². The van der Waals surface area contributed by atoms with Crippen molar-refractivity contribution in [2.75, 3.05) is 6.61 Å². The Bertz CT molecular complexity index is 554. The van der Waals surface area contributed by atoms with Crippen LogP contribution >= 0.6 is 23.1 Å². The monoisotopic (exact) mass is 307 g/mol. The molecule has 0 saturated heterocycles. The van der Waals surface area contributed by atoms with Crippen molar-refractivity contribution in [2.24, 2.45) is 0 Å². The van der Waals surface area contributed by atoms with Gasteiger partial charge < -0.3 is 4.74 Å². The molecule has 2 rings (SSSR count). The van der Waals surface area contributed by atoms with Gasteiger partial charge >= 0.3 is 5.97 Å². The van der Waals surface area contributed by atoms with Crippen LogP contribution in [-0.4, -0.2) is 22.8 Å². The van der Waals surface area contributed by atoms with Crippen molar-refractivity contribution in [3.8, 4) is 0 Å². The number of thioether (sulfide) groups is 1. The first-order valence-electron chi connectivity index (χ1n) is 6.44. The number of hydrogen-bond acceptors (Lipinski definition) is 5. The number of benzene rings is 1. The van der Waals surface area contributed by atoms with E-state index in [4.69, 9.17) is 4.74 Å². The van der Waals surface area contributed by atoms with Crippen LogP contribution in [0.3, 0.4) is 0 Å². The maximum atomic E-state index is 11.9. The second-order valence-corrected chi connectivity index (χ2v) is 6.71. The maximum absolute atomic E-state index is 11.9. The van der Waals surface area contributed by atoms with Crippen LogP contribution in [0.1, 0.15) is 17.5 Å². The number of carbonyl (C=O) groups is 1. The Morgan fingerprint density at radius 1 is 1.40 bits per heavy atom. The quantitative estimate of drug-likeness (QED) is 0.602. The maximum Gasteiger partial charge on any atom is 0.319 e. The van der Waals surface area contributed by atoms with Gasteiger partial charge in [0.25, 0.3) is 0 Å². The van der Waals surface area contributed by atoms with Gasteiger partial charge in [0.05, 0.1) is 17.8 Å². The summed E-state index contributed by atoms with van der Waals surface area (Å²) in [6.45, 7) is 4.26. The summed E-state index contributed by atoms with van der Waals surface area (Å²) >= 11 is 3.12. The zero-order valence-electron chi connectivity index (χ0n) is 11.5. The second kappa shape index (κ2) is 7.45. The largest absolute Gasteiger partial charge is 0.464 e. The molecule has 1 aromatic carbocycles. The molecule has 1 unspecified atom stereocenters. The Balaban J connectivity index is 1.76. The molecular formula is C15H17NO2S2. The summed E-state index contributed by atoms with van der Waals surface area (Å²) in [5, 5.41) is -0.194. The van der Waals surface area contributed by atoms with Gasteiger partial charge in [0.1, 0.15) is 5.25 Å². The summed E-state index contributed by atoms with van der Waals surface area (Å²) in [4.78, 5) is 18.3. The van der Waals surface area contributed by atoms with Crippen molar-refractivity contribution in [3.05, 3.63) is 46.4 Å². The Morgan fingerprint density at radius 3 is 2.80 bits per heavy atom. The number of rotatable bonds is 6. The van der Waals surface area contributed by atoms with Crippen molar-refractivity contribution in [2.45, 2.75) is 30.4 Å². The number of aryl methyl sites for hydroxylation is 1. The van der Waals surface area contributed by atoms with E-state index in [-0.39, 0.29) is 11.2 Å². The molecule has 0 amide bonds. The molecule has 0 N–H and O–H groups in total. The molecule has 0 aliphatic rings. The van der Waals surface area contributed by atoms with E-state index in [2.05, 4.69) is 4.98 Å². The minimum atomic E-state index is -0.194. The van der Waals surface area contributed by atoms with Crippen LogP contribution < -0.4 is 0 Å². The molecule has 20 heavy (non-hydrogen) atoms. The van der Waals surface area contributed by atoms with Crippen LogP contribution in [-0.2, 0) is 16.0 Å². The molecule has 0 aliphatic heterocycles. The zero-order valence-corrected chi connectivity index (χ0v) is 13.2. The molecule has 1 heterocycles. The number of hydrogen-bond donors (Lipinski definition) is 0. The van der Waals surface area contributed by atoms with E-state index in [1.165, 1.54) is 16.6 Å². The van der Waals surface area contributed by atoms with Crippen molar-refractivity contribution < 1.29 is 9.53 Å². The van der Waals surface area contributed by atoms with Gasteiger partial charge in [0, 0.05) is 16.2 Å². The third-order valence-corrected chi connectivity index (χ3v) is 4.89. The third-order valence-electron chi connectivity index (χ3n) is 2.81. The second-order valence-electron chi connectivity index (χ2n) is 4.35. The summed E-state index contributed by atoms with van der Waals surface area (Å²) in [5.74, 6) is -0.166. The standard InChI is InChI=1S/C15H17NO2S2/c1-11-14(19-10-16-11)8-9-18-15(17)12(2)20-13-6-4-3-5-7-13/h3-7,10,12H,8-9H2,1-2H3. The fourth-order valence-corrected chi connectivity index (χ4v) is 3.33. The van der Waals surface area contributed by atoms with Crippen LogP contribution in [0.2, 0.25) is 0 Å². The first-order chi connectivity index (χ1) is 9.66. The van der Waals surface area contributed by atoms with Crippen molar-refractivity contribution in [1.29, 1.82) is 0 Å². The van der Waals surface area contributed by atoms with E-state index < -0.39 is 0 Å². The van der Waals surface area contributed by atoms with Gasteiger partial charge in [-0.2, -0.15) is 0 Å². The van der Waals surface area contributed by atoms with E-state index in [0.717, 1.165) is 17.0 Å². The average Bonchev–Trinajstić information content (AvgIpc) is 2.85. The molecule has 0 saturated carbocycles. The Kier molecular flexibility index (Phi) is 5.61. The molecule has 1 aromatic heterocycles. The minimum absolute atomic E-state index is 0.166. The minimum Gasteiger partial charge on any atom is -0.464 e. The first-order valence-corrected chi connectivity index (χ1v) is 8.20. The topological polar surface area (TPSA) is 39.2 Å².